The highest BCUT2D eigenvalue weighted by molar-refractivity contribution is 5.94. The summed E-state index contributed by atoms with van der Waals surface area (Å²) in [6.07, 6.45) is 1.18. The first-order valence-electron chi connectivity index (χ1n) is 11.0. The molecule has 3 rings (SSSR count). The average Bonchev–Trinajstić information content (AvgIpc) is 2.73. The molecule has 9 heteroatoms. The topological polar surface area (TPSA) is 99.0 Å². The second kappa shape index (κ2) is 10.2. The number of nitro groups is 1. The van der Waals surface area contributed by atoms with Gasteiger partial charge in [0, 0.05) is 57.1 Å². The zero-order valence-corrected chi connectivity index (χ0v) is 18.6. The van der Waals surface area contributed by atoms with Crippen molar-refractivity contribution in [3.63, 3.8) is 0 Å². The molecule has 170 valence electrons. The largest absolute Gasteiger partial charge is 0.341 e. The molecular weight excluding hydrogens is 398 g/mol. The molecule has 2 heterocycles. The van der Waals surface area contributed by atoms with Crippen molar-refractivity contribution in [1.82, 2.24) is 14.7 Å². The SMILES string of the molecule is C[C@@H]1C[C@H](C)CN(C(=O)CN2CCN([C@H](C)C(=O)Nc3ccc([N+](=O)[O-])cc3)CC2)C1. The molecule has 0 unspecified atom stereocenters. The molecule has 0 radical (unpaired) electrons. The molecule has 31 heavy (non-hydrogen) atoms. The summed E-state index contributed by atoms with van der Waals surface area (Å²) >= 11 is 0. The number of carbonyl (C=O) groups is 2. The van der Waals surface area contributed by atoms with Crippen molar-refractivity contribution >= 4 is 23.2 Å². The van der Waals surface area contributed by atoms with E-state index in [9.17, 15) is 19.7 Å². The van der Waals surface area contributed by atoms with Crippen molar-refractivity contribution in [1.29, 1.82) is 0 Å². The summed E-state index contributed by atoms with van der Waals surface area (Å²) < 4.78 is 0. The molecule has 2 amide bonds. The second-order valence-corrected chi connectivity index (χ2v) is 9.03. The molecule has 0 saturated carbocycles. The van der Waals surface area contributed by atoms with Crippen LogP contribution in [0.1, 0.15) is 27.2 Å². The molecule has 0 spiro atoms. The fourth-order valence-electron chi connectivity index (χ4n) is 4.55. The number of carbonyl (C=O) groups excluding carboxylic acids is 2. The van der Waals surface area contributed by atoms with Gasteiger partial charge in [-0.15, -0.1) is 0 Å². The van der Waals surface area contributed by atoms with E-state index >= 15 is 0 Å². The normalized spacial score (nSPS) is 23.9. The Bertz CT molecular complexity index is 782. The number of hydrogen-bond acceptors (Lipinski definition) is 6. The van der Waals surface area contributed by atoms with Crippen molar-refractivity contribution in [2.45, 2.75) is 33.2 Å². The fourth-order valence-corrected chi connectivity index (χ4v) is 4.55. The van der Waals surface area contributed by atoms with Gasteiger partial charge in [0.2, 0.25) is 11.8 Å². The van der Waals surface area contributed by atoms with E-state index in [1.54, 1.807) is 0 Å². The Morgan fingerprint density at radius 3 is 2.23 bits per heavy atom. The van der Waals surface area contributed by atoms with Crippen molar-refractivity contribution in [2.75, 3.05) is 51.1 Å². The summed E-state index contributed by atoms with van der Waals surface area (Å²) in [5.74, 6) is 1.17. The maximum absolute atomic E-state index is 12.7. The first-order chi connectivity index (χ1) is 14.7. The Morgan fingerprint density at radius 1 is 1.10 bits per heavy atom. The van der Waals surface area contributed by atoms with E-state index in [2.05, 4.69) is 29.0 Å². The van der Waals surface area contributed by atoms with Gasteiger partial charge < -0.3 is 10.2 Å². The van der Waals surface area contributed by atoms with Crippen molar-refractivity contribution < 1.29 is 14.5 Å². The van der Waals surface area contributed by atoms with Crippen LogP contribution >= 0.6 is 0 Å². The molecule has 1 aromatic carbocycles. The van der Waals surface area contributed by atoms with E-state index in [0.717, 1.165) is 39.3 Å². The lowest BCUT2D eigenvalue weighted by molar-refractivity contribution is -0.384. The third-order valence-electron chi connectivity index (χ3n) is 6.26. The Labute approximate surface area is 183 Å². The van der Waals surface area contributed by atoms with Crippen LogP contribution in [0.15, 0.2) is 24.3 Å². The first-order valence-corrected chi connectivity index (χ1v) is 11.0. The maximum Gasteiger partial charge on any atom is 0.269 e. The highest BCUT2D eigenvalue weighted by Crippen LogP contribution is 2.21. The number of hydrogen-bond donors (Lipinski definition) is 1. The van der Waals surface area contributed by atoms with Crippen LogP contribution in [0.3, 0.4) is 0 Å². The maximum atomic E-state index is 12.7. The number of likely N-dealkylation sites (tertiary alicyclic amines) is 1. The predicted octanol–water partition coefficient (Wildman–Crippen LogP) is 2.04. The predicted molar refractivity (Wildman–Crippen MR) is 119 cm³/mol. The average molecular weight is 432 g/mol. The van der Waals surface area contributed by atoms with Gasteiger partial charge in [-0.1, -0.05) is 13.8 Å². The standard InChI is InChI=1S/C22H33N5O4/c1-16-12-17(2)14-26(13-16)21(28)15-24-8-10-25(11-9-24)18(3)22(29)23-19-4-6-20(7-5-19)27(30)31/h4-7,16-18H,8-15H2,1-3H3,(H,23,29)/t16-,17+,18-/m1/s1. The number of piperazine rings is 1. The minimum absolute atomic E-state index is 0.00909. The van der Waals surface area contributed by atoms with E-state index in [4.69, 9.17) is 0 Å². The van der Waals surface area contributed by atoms with Crippen LogP contribution in [0.4, 0.5) is 11.4 Å². The van der Waals surface area contributed by atoms with E-state index in [1.807, 2.05) is 11.8 Å². The van der Waals surface area contributed by atoms with Crippen LogP contribution in [-0.4, -0.2) is 83.3 Å². The lowest BCUT2D eigenvalue weighted by Crippen LogP contribution is -2.55. The zero-order chi connectivity index (χ0) is 22.5. The minimum Gasteiger partial charge on any atom is -0.341 e. The minimum atomic E-state index is -0.467. The summed E-state index contributed by atoms with van der Waals surface area (Å²) in [6.45, 7) is 11.3. The van der Waals surface area contributed by atoms with E-state index in [1.165, 1.54) is 30.7 Å². The van der Waals surface area contributed by atoms with Crippen molar-refractivity contribution in [3.05, 3.63) is 34.4 Å². The van der Waals surface area contributed by atoms with Gasteiger partial charge in [-0.25, -0.2) is 0 Å². The molecule has 0 bridgehead atoms. The summed E-state index contributed by atoms with van der Waals surface area (Å²) in [6, 6.07) is 5.50. The fraction of sp³-hybridized carbons (Fsp3) is 0.636. The molecule has 2 aliphatic heterocycles. The van der Waals surface area contributed by atoms with Gasteiger partial charge in [0.25, 0.3) is 5.69 Å². The van der Waals surface area contributed by atoms with Gasteiger partial charge in [-0.3, -0.25) is 29.5 Å². The monoisotopic (exact) mass is 431 g/mol. The molecule has 1 aromatic rings. The van der Waals surface area contributed by atoms with E-state index in [0.29, 0.717) is 24.1 Å². The third kappa shape index (κ3) is 6.24. The molecule has 2 aliphatic rings. The summed E-state index contributed by atoms with van der Waals surface area (Å²) in [5.41, 5.74) is 0.529. The van der Waals surface area contributed by atoms with Crippen LogP contribution < -0.4 is 5.32 Å². The molecular formula is C22H33N5O4. The van der Waals surface area contributed by atoms with Crippen LogP contribution in [0, 0.1) is 22.0 Å². The zero-order valence-electron chi connectivity index (χ0n) is 18.6. The Kier molecular flexibility index (Phi) is 7.61. The summed E-state index contributed by atoms with van der Waals surface area (Å²) in [4.78, 5) is 41.9. The number of nitro benzene ring substituents is 1. The van der Waals surface area contributed by atoms with Crippen LogP contribution in [-0.2, 0) is 9.59 Å². The molecule has 9 nitrogen and oxygen atoms in total. The number of nitrogens with one attached hydrogen (secondary N) is 1. The molecule has 0 aromatic heterocycles. The summed E-state index contributed by atoms with van der Waals surface area (Å²) in [5, 5.41) is 13.6. The quantitative estimate of drug-likeness (QED) is 0.547. The molecule has 0 aliphatic carbocycles. The van der Waals surface area contributed by atoms with Gasteiger partial charge in [-0.2, -0.15) is 0 Å². The third-order valence-corrected chi connectivity index (χ3v) is 6.26. The number of rotatable bonds is 6. The Morgan fingerprint density at radius 2 is 1.68 bits per heavy atom. The van der Waals surface area contributed by atoms with Crippen LogP contribution in [0.25, 0.3) is 0 Å². The number of amides is 2. The lowest BCUT2D eigenvalue weighted by Gasteiger charge is -2.39. The number of anilines is 1. The molecule has 2 fully saturated rings. The van der Waals surface area contributed by atoms with Crippen molar-refractivity contribution in [3.8, 4) is 0 Å². The van der Waals surface area contributed by atoms with E-state index < -0.39 is 4.92 Å². The van der Waals surface area contributed by atoms with Gasteiger partial charge in [0.15, 0.2) is 0 Å². The highest BCUT2D eigenvalue weighted by atomic mass is 16.6. The van der Waals surface area contributed by atoms with Gasteiger partial charge in [0.05, 0.1) is 17.5 Å². The smallest absolute Gasteiger partial charge is 0.269 e. The second-order valence-electron chi connectivity index (χ2n) is 9.03. The van der Waals surface area contributed by atoms with Gasteiger partial charge in [0.1, 0.15) is 0 Å². The number of non-ortho nitro benzene ring substituents is 1. The lowest BCUT2D eigenvalue weighted by atomic mass is 9.92. The molecule has 3 atom stereocenters. The first kappa shape index (κ1) is 23.1. The highest BCUT2D eigenvalue weighted by Gasteiger charge is 2.29. The molecule has 1 N–H and O–H groups in total. The van der Waals surface area contributed by atoms with Crippen LogP contribution in [0.2, 0.25) is 0 Å². The van der Waals surface area contributed by atoms with E-state index in [-0.39, 0.29) is 23.5 Å². The van der Waals surface area contributed by atoms with Crippen molar-refractivity contribution in [2.24, 2.45) is 11.8 Å². The van der Waals surface area contributed by atoms with Gasteiger partial charge in [-0.05, 0) is 37.3 Å². The Hall–Kier alpha value is -2.52. The van der Waals surface area contributed by atoms with Gasteiger partial charge >= 0.3 is 0 Å². The number of nitrogens with zero attached hydrogens (tertiary/aromatic N) is 4. The Balaban J connectivity index is 1.44. The number of piperidine rings is 1. The van der Waals surface area contributed by atoms with Crippen LogP contribution in [0.5, 0.6) is 0 Å². The summed E-state index contributed by atoms with van der Waals surface area (Å²) in [7, 11) is 0. The number of benzene rings is 1. The molecule has 2 saturated heterocycles.